The van der Waals surface area contributed by atoms with Crippen LogP contribution in [0.3, 0.4) is 0 Å². The summed E-state index contributed by atoms with van der Waals surface area (Å²) in [6.07, 6.45) is 3.94. The van der Waals surface area contributed by atoms with Crippen molar-refractivity contribution in [1.29, 1.82) is 0 Å². The first-order chi connectivity index (χ1) is 17.2. The van der Waals surface area contributed by atoms with Gasteiger partial charge in [-0.15, -0.1) is 0 Å². The van der Waals surface area contributed by atoms with Gasteiger partial charge in [0, 0.05) is 16.7 Å². The second kappa shape index (κ2) is 8.94. The summed E-state index contributed by atoms with van der Waals surface area (Å²) < 4.78 is 10.4. The number of anilines is 1. The third kappa shape index (κ3) is 4.07. The number of rotatable bonds is 5. The van der Waals surface area contributed by atoms with E-state index in [1.807, 2.05) is 6.92 Å². The lowest BCUT2D eigenvalue weighted by Crippen LogP contribution is -2.48. The molecule has 36 heavy (non-hydrogen) atoms. The third-order valence-electron chi connectivity index (χ3n) is 7.02. The van der Waals surface area contributed by atoms with Crippen molar-refractivity contribution < 1.29 is 29.0 Å². The van der Waals surface area contributed by atoms with E-state index in [9.17, 15) is 19.5 Å². The van der Waals surface area contributed by atoms with Gasteiger partial charge in [0.15, 0.2) is 5.72 Å². The van der Waals surface area contributed by atoms with E-state index in [-0.39, 0.29) is 5.95 Å². The van der Waals surface area contributed by atoms with Crippen molar-refractivity contribution in [3.05, 3.63) is 59.2 Å². The van der Waals surface area contributed by atoms with E-state index in [4.69, 9.17) is 4.74 Å². The first-order valence-corrected chi connectivity index (χ1v) is 11.9. The molecule has 1 aliphatic heterocycles. The lowest BCUT2D eigenvalue weighted by Gasteiger charge is -2.37. The Bertz CT molecular complexity index is 1350. The summed E-state index contributed by atoms with van der Waals surface area (Å²) in [6, 6.07) is 11.7. The lowest BCUT2D eigenvalue weighted by molar-refractivity contribution is -0.166. The number of imidazole rings is 1. The van der Waals surface area contributed by atoms with Crippen molar-refractivity contribution in [3.8, 4) is 0 Å². The van der Waals surface area contributed by atoms with Crippen LogP contribution in [0.4, 0.5) is 10.7 Å². The van der Waals surface area contributed by atoms with E-state index < -0.39 is 35.8 Å². The number of methoxy groups -OCH3 is 1. The van der Waals surface area contributed by atoms with Gasteiger partial charge in [-0.05, 0) is 50.8 Å². The van der Waals surface area contributed by atoms with Crippen LogP contribution in [0.2, 0.25) is 0 Å². The average Bonchev–Trinajstić information content (AvgIpc) is 3.36. The molecule has 10 heteroatoms. The lowest BCUT2D eigenvalue weighted by atomic mass is 9.86. The summed E-state index contributed by atoms with van der Waals surface area (Å²) >= 11 is 0. The van der Waals surface area contributed by atoms with Gasteiger partial charge in [0.25, 0.3) is 5.91 Å². The fraction of sp³-hybridized carbons (Fsp3) is 0.385. The summed E-state index contributed by atoms with van der Waals surface area (Å²) in [5.74, 6) is -0.858. The average molecular weight is 493 g/mol. The van der Waals surface area contributed by atoms with Gasteiger partial charge in [-0.25, -0.2) is 9.78 Å². The zero-order chi connectivity index (χ0) is 25.5. The Morgan fingerprint density at radius 1 is 1.17 bits per heavy atom. The van der Waals surface area contributed by atoms with Crippen molar-refractivity contribution in [2.24, 2.45) is 0 Å². The van der Waals surface area contributed by atoms with Crippen molar-refractivity contribution in [1.82, 2.24) is 14.9 Å². The fourth-order valence-electron chi connectivity index (χ4n) is 5.18. The van der Waals surface area contributed by atoms with Crippen LogP contribution in [0.15, 0.2) is 42.5 Å². The molecule has 1 saturated carbocycles. The molecule has 5 rings (SSSR count). The summed E-state index contributed by atoms with van der Waals surface area (Å²) in [6.45, 7) is 1.51. The van der Waals surface area contributed by atoms with Crippen molar-refractivity contribution >= 4 is 35.0 Å². The highest BCUT2D eigenvalue weighted by Crippen LogP contribution is 2.43. The predicted octanol–water partition coefficient (Wildman–Crippen LogP) is 3.66. The molecule has 3 N–H and O–H groups in total. The summed E-state index contributed by atoms with van der Waals surface area (Å²) in [5, 5.41) is 14.5. The Labute approximate surface area is 207 Å². The van der Waals surface area contributed by atoms with Gasteiger partial charge >= 0.3 is 12.1 Å². The molecule has 10 nitrogen and oxygen atoms in total. The van der Waals surface area contributed by atoms with Crippen molar-refractivity contribution in [3.63, 3.8) is 0 Å². The molecule has 2 aromatic carbocycles. The molecular formula is C26H28N4O6. The van der Waals surface area contributed by atoms with Gasteiger partial charge in [0.2, 0.25) is 5.95 Å². The number of hydrogen-bond acceptors (Lipinski definition) is 7. The Morgan fingerprint density at radius 3 is 2.67 bits per heavy atom. The van der Waals surface area contributed by atoms with Crippen LogP contribution >= 0.6 is 0 Å². The summed E-state index contributed by atoms with van der Waals surface area (Å²) in [4.78, 5) is 46.4. The molecule has 0 radical (unpaired) electrons. The second-order valence-electron chi connectivity index (χ2n) is 9.53. The fourth-order valence-corrected chi connectivity index (χ4v) is 5.18. The van der Waals surface area contributed by atoms with Crippen LogP contribution in [0.1, 0.15) is 60.5 Å². The van der Waals surface area contributed by atoms with Gasteiger partial charge in [0.1, 0.15) is 12.1 Å². The number of ether oxygens (including phenoxy) is 2. The summed E-state index contributed by atoms with van der Waals surface area (Å²) in [5.41, 5.74) is -0.407. The van der Waals surface area contributed by atoms with Crippen molar-refractivity contribution in [2.45, 2.75) is 50.4 Å². The molecule has 1 atom stereocenters. The van der Waals surface area contributed by atoms with Crippen molar-refractivity contribution in [2.75, 3.05) is 19.0 Å². The minimum Gasteiger partial charge on any atom is -0.458 e. The number of amides is 2. The maximum atomic E-state index is 13.4. The van der Waals surface area contributed by atoms with E-state index in [0.29, 0.717) is 27.7 Å². The number of aromatic amines is 1. The third-order valence-corrected chi connectivity index (χ3v) is 7.02. The van der Waals surface area contributed by atoms with E-state index >= 15 is 0 Å². The van der Waals surface area contributed by atoms with Gasteiger partial charge in [-0.1, -0.05) is 30.7 Å². The van der Waals surface area contributed by atoms with Gasteiger partial charge in [-0.3, -0.25) is 19.8 Å². The number of nitrogens with one attached hydrogen (secondary N) is 2. The molecule has 188 valence electrons. The molecule has 0 spiro atoms. The highest BCUT2D eigenvalue weighted by Gasteiger charge is 2.51. The number of aliphatic hydroxyl groups is 1. The predicted molar refractivity (Wildman–Crippen MR) is 130 cm³/mol. The number of carbonyl (C=O) groups excluding carboxylic acids is 3. The molecule has 0 bridgehead atoms. The van der Waals surface area contributed by atoms with E-state index in [2.05, 4.69) is 20.0 Å². The molecule has 3 aromatic rings. The summed E-state index contributed by atoms with van der Waals surface area (Å²) in [7, 11) is 1.24. The molecule has 1 aromatic heterocycles. The number of esters is 1. The van der Waals surface area contributed by atoms with Gasteiger partial charge in [-0.2, -0.15) is 0 Å². The van der Waals surface area contributed by atoms with E-state index in [1.54, 1.807) is 42.5 Å². The first-order valence-electron chi connectivity index (χ1n) is 11.9. The van der Waals surface area contributed by atoms with Gasteiger partial charge < -0.3 is 19.6 Å². The molecule has 2 amide bonds. The Hall–Kier alpha value is -3.92. The topological polar surface area (TPSA) is 134 Å². The monoisotopic (exact) mass is 492 g/mol. The number of fused-ring (bicyclic) bond motifs is 2. The van der Waals surface area contributed by atoms with E-state index in [0.717, 1.165) is 37.0 Å². The quantitative estimate of drug-likeness (QED) is 0.463. The minimum absolute atomic E-state index is 0.171. The van der Waals surface area contributed by atoms with Crippen LogP contribution in [-0.4, -0.2) is 57.2 Å². The number of benzene rings is 2. The van der Waals surface area contributed by atoms with Gasteiger partial charge in [0.05, 0.1) is 18.1 Å². The number of aromatic nitrogens is 2. The Kier molecular flexibility index (Phi) is 5.91. The zero-order valence-corrected chi connectivity index (χ0v) is 20.2. The molecule has 2 heterocycles. The number of nitrogens with zero attached hydrogens (tertiary/aromatic N) is 2. The largest absolute Gasteiger partial charge is 0.458 e. The zero-order valence-electron chi connectivity index (χ0n) is 20.2. The SMILES string of the molecule is COC(=O)Nc1nc2cc(C3(O)c4ccccc4C(=O)N3CC(=O)OC3(C)CCCCC3)ccc2[nH]1. The maximum Gasteiger partial charge on any atom is 0.413 e. The smallest absolute Gasteiger partial charge is 0.413 e. The molecule has 1 unspecified atom stereocenters. The maximum absolute atomic E-state index is 13.4. The van der Waals surface area contributed by atoms with Crippen LogP contribution in [-0.2, 0) is 20.0 Å². The van der Waals surface area contributed by atoms with Crippen LogP contribution < -0.4 is 5.32 Å². The normalized spacial score (nSPS) is 20.8. The van der Waals surface area contributed by atoms with Crippen LogP contribution in [0.25, 0.3) is 11.0 Å². The second-order valence-corrected chi connectivity index (χ2v) is 9.53. The Balaban J connectivity index is 1.50. The van der Waals surface area contributed by atoms with Crippen LogP contribution in [0, 0.1) is 0 Å². The molecule has 2 aliphatic rings. The van der Waals surface area contributed by atoms with Crippen LogP contribution in [0.5, 0.6) is 0 Å². The van der Waals surface area contributed by atoms with E-state index in [1.165, 1.54) is 7.11 Å². The number of hydrogen-bond donors (Lipinski definition) is 3. The highest BCUT2D eigenvalue weighted by atomic mass is 16.6. The number of carbonyl (C=O) groups is 3. The number of H-pyrrole nitrogens is 1. The first kappa shape index (κ1) is 23.8. The molecule has 1 aliphatic carbocycles. The molecular weight excluding hydrogens is 464 g/mol. The highest BCUT2D eigenvalue weighted by molar-refractivity contribution is 6.02. The molecule has 1 fully saturated rings. The molecule has 0 saturated heterocycles. The Morgan fingerprint density at radius 2 is 1.92 bits per heavy atom. The standard InChI is InChI=1S/C26H28N4O6/c1-25(12-6-3-7-13-25)36-21(31)15-30-22(32)17-8-4-5-9-18(17)26(30,34)16-10-11-19-20(14-16)28-23(27-19)29-24(33)35-2/h4-5,8-11,14,34H,3,6-7,12-13,15H2,1-2H3,(H2,27,28,29,33). The minimum atomic E-state index is -1.91.